The molecule has 0 aliphatic rings. The van der Waals surface area contributed by atoms with Gasteiger partial charge < -0.3 is 9.88 Å². The Bertz CT molecular complexity index is 487. The minimum absolute atomic E-state index is 0.204. The second-order valence-corrected chi connectivity index (χ2v) is 3.71. The van der Waals surface area contributed by atoms with E-state index < -0.39 is 0 Å². The molecule has 1 N–H and O–H groups in total. The first kappa shape index (κ1) is 12.2. The number of nitrogens with zero attached hydrogens (tertiary/aromatic N) is 1. The Morgan fingerprint density at radius 2 is 2.19 bits per heavy atom. The van der Waals surface area contributed by atoms with E-state index in [9.17, 15) is 9.59 Å². The molecule has 0 saturated heterocycles. The van der Waals surface area contributed by atoms with Crippen LogP contribution < -0.4 is 10.9 Å². The zero-order valence-corrected chi connectivity index (χ0v) is 9.83. The Balaban J connectivity index is 3.24. The van der Waals surface area contributed by atoms with Crippen molar-refractivity contribution < 1.29 is 4.79 Å². The van der Waals surface area contributed by atoms with Crippen LogP contribution in [0.1, 0.15) is 21.6 Å². The maximum atomic E-state index is 11.9. The molecule has 0 atom stereocenters. The number of aromatic nitrogens is 1. The molecule has 4 nitrogen and oxygen atoms in total. The van der Waals surface area contributed by atoms with Crippen LogP contribution in [0.4, 0.5) is 0 Å². The van der Waals surface area contributed by atoms with E-state index >= 15 is 0 Å². The predicted octanol–water partition coefficient (Wildman–Crippen LogP) is 0.918. The molecular formula is C12H16N2O2. The van der Waals surface area contributed by atoms with E-state index in [-0.39, 0.29) is 17.0 Å². The molecule has 0 fully saturated rings. The van der Waals surface area contributed by atoms with Gasteiger partial charge in [0.25, 0.3) is 11.5 Å². The number of amides is 1. The second kappa shape index (κ2) is 4.79. The lowest BCUT2D eigenvalue weighted by Crippen LogP contribution is -2.34. The molecule has 0 aromatic carbocycles. The number of hydrogen-bond acceptors (Lipinski definition) is 2. The van der Waals surface area contributed by atoms with E-state index in [0.29, 0.717) is 12.1 Å². The van der Waals surface area contributed by atoms with Gasteiger partial charge in [-0.05, 0) is 25.5 Å². The van der Waals surface area contributed by atoms with Gasteiger partial charge in [-0.1, -0.05) is 6.08 Å². The van der Waals surface area contributed by atoms with Gasteiger partial charge in [0.15, 0.2) is 0 Å². The van der Waals surface area contributed by atoms with Gasteiger partial charge in [-0.15, -0.1) is 6.58 Å². The summed E-state index contributed by atoms with van der Waals surface area (Å²) in [6, 6.07) is 1.82. The third-order valence-corrected chi connectivity index (χ3v) is 2.50. The van der Waals surface area contributed by atoms with Crippen molar-refractivity contribution in [3.63, 3.8) is 0 Å². The van der Waals surface area contributed by atoms with Crippen molar-refractivity contribution in [2.45, 2.75) is 13.8 Å². The van der Waals surface area contributed by atoms with Crippen LogP contribution in [0, 0.1) is 13.8 Å². The highest BCUT2D eigenvalue weighted by Gasteiger charge is 2.15. The molecule has 1 heterocycles. The minimum atomic E-state index is -0.349. The van der Waals surface area contributed by atoms with Crippen LogP contribution in [-0.4, -0.2) is 17.0 Å². The molecule has 86 valence electrons. The summed E-state index contributed by atoms with van der Waals surface area (Å²) < 4.78 is 1.47. The van der Waals surface area contributed by atoms with Gasteiger partial charge >= 0.3 is 0 Å². The highest BCUT2D eigenvalue weighted by Crippen LogP contribution is 2.05. The molecule has 16 heavy (non-hydrogen) atoms. The van der Waals surface area contributed by atoms with Gasteiger partial charge in [0.1, 0.15) is 5.56 Å². The van der Waals surface area contributed by atoms with Crippen LogP contribution in [-0.2, 0) is 7.05 Å². The summed E-state index contributed by atoms with van der Waals surface area (Å²) in [5, 5.41) is 2.61. The summed E-state index contributed by atoms with van der Waals surface area (Å²) in [5.41, 5.74) is 1.47. The third-order valence-electron chi connectivity index (χ3n) is 2.50. The van der Waals surface area contributed by atoms with Crippen LogP contribution in [0.2, 0.25) is 0 Å². The van der Waals surface area contributed by atoms with Crippen molar-refractivity contribution in [1.82, 2.24) is 9.88 Å². The maximum absolute atomic E-state index is 11.9. The Morgan fingerprint density at radius 1 is 1.56 bits per heavy atom. The van der Waals surface area contributed by atoms with E-state index in [0.717, 1.165) is 5.69 Å². The fourth-order valence-corrected chi connectivity index (χ4v) is 1.51. The summed E-state index contributed by atoms with van der Waals surface area (Å²) in [5.74, 6) is -0.349. The smallest absolute Gasteiger partial charge is 0.263 e. The summed E-state index contributed by atoms with van der Waals surface area (Å²) in [6.45, 7) is 7.46. The highest BCUT2D eigenvalue weighted by molar-refractivity contribution is 5.95. The molecule has 4 heteroatoms. The van der Waals surface area contributed by atoms with E-state index in [1.54, 1.807) is 20.0 Å². The zero-order chi connectivity index (χ0) is 12.3. The molecule has 1 aromatic heterocycles. The Morgan fingerprint density at radius 3 is 2.75 bits per heavy atom. The largest absolute Gasteiger partial charge is 0.348 e. The van der Waals surface area contributed by atoms with E-state index in [2.05, 4.69) is 11.9 Å². The molecule has 0 bridgehead atoms. The van der Waals surface area contributed by atoms with Crippen LogP contribution in [0.15, 0.2) is 23.5 Å². The maximum Gasteiger partial charge on any atom is 0.263 e. The lowest BCUT2D eigenvalue weighted by Gasteiger charge is -2.10. The highest BCUT2D eigenvalue weighted by atomic mass is 16.2. The lowest BCUT2D eigenvalue weighted by molar-refractivity contribution is 0.0955. The fraction of sp³-hybridized carbons (Fsp3) is 0.333. The summed E-state index contributed by atoms with van der Waals surface area (Å²) >= 11 is 0. The summed E-state index contributed by atoms with van der Waals surface area (Å²) in [4.78, 5) is 23.6. The Kier molecular flexibility index (Phi) is 3.66. The zero-order valence-electron chi connectivity index (χ0n) is 9.83. The number of rotatable bonds is 3. The number of nitrogens with one attached hydrogen (secondary N) is 1. The first-order valence-electron chi connectivity index (χ1n) is 5.05. The molecular weight excluding hydrogens is 204 g/mol. The number of pyridine rings is 1. The number of carbonyl (C=O) groups excluding carboxylic acids is 1. The minimum Gasteiger partial charge on any atom is -0.348 e. The second-order valence-electron chi connectivity index (χ2n) is 3.71. The third kappa shape index (κ3) is 2.21. The van der Waals surface area contributed by atoms with Crippen LogP contribution in [0.25, 0.3) is 0 Å². The number of hydrogen-bond donors (Lipinski definition) is 1. The molecule has 0 unspecified atom stereocenters. The predicted molar refractivity (Wildman–Crippen MR) is 63.7 cm³/mol. The first-order valence-corrected chi connectivity index (χ1v) is 5.05. The van der Waals surface area contributed by atoms with Crippen molar-refractivity contribution in [3.8, 4) is 0 Å². The molecule has 0 radical (unpaired) electrons. The first-order chi connectivity index (χ1) is 7.49. The SMILES string of the molecule is C=CCNC(=O)c1c(C)cc(C)n(C)c1=O. The monoisotopic (exact) mass is 220 g/mol. The van der Waals surface area contributed by atoms with Crippen molar-refractivity contribution in [2.75, 3.05) is 6.54 Å². The van der Waals surface area contributed by atoms with Crippen molar-refractivity contribution in [1.29, 1.82) is 0 Å². The lowest BCUT2D eigenvalue weighted by atomic mass is 10.1. The van der Waals surface area contributed by atoms with E-state index in [4.69, 9.17) is 0 Å². The molecule has 0 spiro atoms. The van der Waals surface area contributed by atoms with Gasteiger partial charge in [-0.25, -0.2) is 0 Å². The van der Waals surface area contributed by atoms with E-state index in [1.807, 2.05) is 13.0 Å². The Labute approximate surface area is 94.6 Å². The summed E-state index contributed by atoms with van der Waals surface area (Å²) in [7, 11) is 1.65. The molecule has 1 aromatic rings. The standard InChI is InChI=1S/C12H16N2O2/c1-5-6-13-11(15)10-8(2)7-9(3)14(4)12(10)16/h5,7H,1,6H2,2-4H3,(H,13,15). The molecule has 1 rings (SSSR count). The van der Waals surface area contributed by atoms with Crippen LogP contribution in [0.5, 0.6) is 0 Å². The average Bonchev–Trinajstić information content (AvgIpc) is 2.23. The summed E-state index contributed by atoms with van der Waals surface area (Å²) in [6.07, 6.45) is 1.58. The number of aryl methyl sites for hydroxylation is 2. The van der Waals surface area contributed by atoms with Crippen molar-refractivity contribution >= 4 is 5.91 Å². The molecule has 1 amide bonds. The van der Waals surface area contributed by atoms with Gasteiger partial charge in [-0.3, -0.25) is 9.59 Å². The Hall–Kier alpha value is -1.84. The normalized spacial score (nSPS) is 9.94. The van der Waals surface area contributed by atoms with Crippen molar-refractivity contribution in [3.05, 3.63) is 45.9 Å². The van der Waals surface area contributed by atoms with Gasteiger partial charge in [0.2, 0.25) is 0 Å². The van der Waals surface area contributed by atoms with Gasteiger partial charge in [-0.2, -0.15) is 0 Å². The fourth-order valence-electron chi connectivity index (χ4n) is 1.51. The van der Waals surface area contributed by atoms with Crippen LogP contribution >= 0.6 is 0 Å². The van der Waals surface area contributed by atoms with Crippen molar-refractivity contribution in [2.24, 2.45) is 7.05 Å². The van der Waals surface area contributed by atoms with Crippen LogP contribution in [0.3, 0.4) is 0 Å². The van der Waals surface area contributed by atoms with E-state index in [1.165, 1.54) is 4.57 Å². The number of carbonyl (C=O) groups is 1. The average molecular weight is 220 g/mol. The van der Waals surface area contributed by atoms with Gasteiger partial charge in [0.05, 0.1) is 0 Å². The quantitative estimate of drug-likeness (QED) is 0.770. The topological polar surface area (TPSA) is 51.1 Å². The molecule has 0 saturated carbocycles. The van der Waals surface area contributed by atoms with Gasteiger partial charge in [0, 0.05) is 19.3 Å². The molecule has 0 aliphatic carbocycles. The molecule has 0 aliphatic heterocycles.